The third-order valence-electron chi connectivity index (χ3n) is 5.49. The highest BCUT2D eigenvalue weighted by Crippen LogP contribution is 2.27. The van der Waals surface area contributed by atoms with Crippen LogP contribution in [0.25, 0.3) is 21.7 Å². The molecule has 1 aliphatic heterocycles. The van der Waals surface area contributed by atoms with Crippen molar-refractivity contribution < 1.29 is 0 Å². The van der Waals surface area contributed by atoms with Crippen LogP contribution in [0.5, 0.6) is 0 Å². The van der Waals surface area contributed by atoms with Gasteiger partial charge in [0.1, 0.15) is 11.0 Å². The highest BCUT2D eigenvalue weighted by Gasteiger charge is 2.20. The number of rotatable bonds is 3. The summed E-state index contributed by atoms with van der Waals surface area (Å²) in [6, 6.07) is 20.8. The SMILES string of the molecule is Clc1nc(N2CCN(Cc3cccc4cccnc34)CC2)cc2ccccc12. The summed E-state index contributed by atoms with van der Waals surface area (Å²) in [5.41, 5.74) is 2.40. The van der Waals surface area contributed by atoms with Gasteiger partial charge in [0.25, 0.3) is 0 Å². The second kappa shape index (κ2) is 7.38. The Hall–Kier alpha value is -2.69. The molecule has 1 aliphatic rings. The van der Waals surface area contributed by atoms with Crippen LogP contribution < -0.4 is 4.90 Å². The minimum absolute atomic E-state index is 0.581. The maximum Gasteiger partial charge on any atom is 0.139 e. The lowest BCUT2D eigenvalue weighted by atomic mass is 10.1. The van der Waals surface area contributed by atoms with Gasteiger partial charge in [-0.15, -0.1) is 0 Å². The number of pyridine rings is 2. The molecule has 5 heteroatoms. The summed E-state index contributed by atoms with van der Waals surface area (Å²) in [5.74, 6) is 0.968. The Morgan fingerprint density at radius 3 is 2.54 bits per heavy atom. The van der Waals surface area contributed by atoms with Gasteiger partial charge in [-0.25, -0.2) is 4.98 Å². The zero-order valence-corrected chi connectivity index (χ0v) is 16.3. The van der Waals surface area contributed by atoms with E-state index in [-0.39, 0.29) is 0 Å². The third kappa shape index (κ3) is 3.30. The number of anilines is 1. The summed E-state index contributed by atoms with van der Waals surface area (Å²) in [7, 11) is 0. The van der Waals surface area contributed by atoms with Crippen molar-refractivity contribution in [3.8, 4) is 0 Å². The summed E-state index contributed by atoms with van der Waals surface area (Å²) in [6.07, 6.45) is 1.87. The first-order valence-electron chi connectivity index (χ1n) is 9.63. The monoisotopic (exact) mass is 388 g/mol. The van der Waals surface area contributed by atoms with Crippen molar-refractivity contribution in [1.82, 2.24) is 14.9 Å². The van der Waals surface area contributed by atoms with Gasteiger partial charge in [0.2, 0.25) is 0 Å². The molecule has 4 nitrogen and oxygen atoms in total. The molecule has 0 radical (unpaired) electrons. The Labute approximate surface area is 169 Å². The molecule has 0 unspecified atom stereocenters. The van der Waals surface area contributed by atoms with Crippen molar-refractivity contribution in [3.05, 3.63) is 77.6 Å². The van der Waals surface area contributed by atoms with Crippen molar-refractivity contribution in [3.63, 3.8) is 0 Å². The molecular formula is C23H21ClN4. The van der Waals surface area contributed by atoms with Gasteiger partial charge in [-0.2, -0.15) is 0 Å². The fourth-order valence-corrected chi connectivity index (χ4v) is 4.23. The summed E-state index contributed by atoms with van der Waals surface area (Å²) in [6.45, 7) is 4.80. The first kappa shape index (κ1) is 17.4. The molecule has 140 valence electrons. The van der Waals surface area contributed by atoms with E-state index in [0.717, 1.165) is 54.8 Å². The van der Waals surface area contributed by atoms with E-state index in [2.05, 4.69) is 56.2 Å². The topological polar surface area (TPSA) is 32.3 Å². The Morgan fingerprint density at radius 1 is 0.857 bits per heavy atom. The Bertz CT molecular complexity index is 1130. The number of piperazine rings is 1. The fourth-order valence-electron chi connectivity index (χ4n) is 3.98. The lowest BCUT2D eigenvalue weighted by molar-refractivity contribution is 0.250. The van der Waals surface area contributed by atoms with Crippen LogP contribution in [0.1, 0.15) is 5.56 Å². The molecule has 0 amide bonds. The van der Waals surface area contributed by atoms with Crippen LogP contribution in [0.3, 0.4) is 0 Å². The molecule has 1 fully saturated rings. The van der Waals surface area contributed by atoms with E-state index in [1.807, 2.05) is 30.5 Å². The number of nitrogens with zero attached hydrogens (tertiary/aromatic N) is 4. The number of hydrogen-bond donors (Lipinski definition) is 0. The summed E-state index contributed by atoms with van der Waals surface area (Å²) in [5, 5.41) is 3.93. The van der Waals surface area contributed by atoms with Crippen molar-refractivity contribution >= 4 is 39.1 Å². The second-order valence-electron chi connectivity index (χ2n) is 7.25. The van der Waals surface area contributed by atoms with Gasteiger partial charge in [-0.3, -0.25) is 9.88 Å². The van der Waals surface area contributed by atoms with E-state index < -0.39 is 0 Å². The quantitative estimate of drug-likeness (QED) is 0.474. The largest absolute Gasteiger partial charge is 0.354 e. The maximum atomic E-state index is 6.42. The van der Waals surface area contributed by atoms with Crippen LogP contribution in [-0.4, -0.2) is 41.0 Å². The predicted molar refractivity (Wildman–Crippen MR) is 116 cm³/mol. The highest BCUT2D eigenvalue weighted by atomic mass is 35.5. The first-order valence-corrected chi connectivity index (χ1v) is 10.0. The van der Waals surface area contributed by atoms with Gasteiger partial charge >= 0.3 is 0 Å². The molecule has 2 aromatic heterocycles. The van der Waals surface area contributed by atoms with E-state index in [9.17, 15) is 0 Å². The molecular weight excluding hydrogens is 368 g/mol. The van der Waals surface area contributed by atoms with Crippen molar-refractivity contribution in [1.29, 1.82) is 0 Å². The lowest BCUT2D eigenvalue weighted by Gasteiger charge is -2.35. The van der Waals surface area contributed by atoms with Crippen LogP contribution in [0.4, 0.5) is 5.82 Å². The van der Waals surface area contributed by atoms with E-state index in [1.54, 1.807) is 0 Å². The van der Waals surface area contributed by atoms with Crippen LogP contribution in [-0.2, 0) is 6.54 Å². The Morgan fingerprint density at radius 2 is 1.64 bits per heavy atom. The van der Waals surface area contributed by atoms with Gasteiger partial charge in [0, 0.05) is 49.7 Å². The molecule has 0 N–H and O–H groups in total. The summed E-state index contributed by atoms with van der Waals surface area (Å²) >= 11 is 6.42. The molecule has 0 aliphatic carbocycles. The van der Waals surface area contributed by atoms with Crippen molar-refractivity contribution in [2.24, 2.45) is 0 Å². The molecule has 3 heterocycles. The third-order valence-corrected chi connectivity index (χ3v) is 5.77. The predicted octanol–water partition coefficient (Wildman–Crippen LogP) is 4.76. The van der Waals surface area contributed by atoms with Crippen molar-refractivity contribution in [2.45, 2.75) is 6.54 Å². The van der Waals surface area contributed by atoms with Gasteiger partial charge in [-0.1, -0.05) is 60.1 Å². The van der Waals surface area contributed by atoms with E-state index in [4.69, 9.17) is 11.6 Å². The Kier molecular flexibility index (Phi) is 4.59. The molecule has 0 atom stereocenters. The summed E-state index contributed by atoms with van der Waals surface area (Å²) in [4.78, 5) is 14.0. The van der Waals surface area contributed by atoms with Gasteiger partial charge in [-0.05, 0) is 23.1 Å². The minimum Gasteiger partial charge on any atom is -0.354 e. The number of benzene rings is 2. The zero-order chi connectivity index (χ0) is 18.9. The molecule has 4 aromatic rings. The molecule has 2 aromatic carbocycles. The van der Waals surface area contributed by atoms with E-state index in [1.165, 1.54) is 10.9 Å². The number of aromatic nitrogens is 2. The Balaban J connectivity index is 1.31. The van der Waals surface area contributed by atoms with Crippen molar-refractivity contribution in [2.75, 3.05) is 31.1 Å². The van der Waals surface area contributed by atoms with E-state index in [0.29, 0.717) is 5.15 Å². The maximum absolute atomic E-state index is 6.42. The molecule has 0 saturated carbocycles. The first-order chi connectivity index (χ1) is 13.8. The average Bonchev–Trinajstić information content (AvgIpc) is 2.75. The molecule has 28 heavy (non-hydrogen) atoms. The lowest BCUT2D eigenvalue weighted by Crippen LogP contribution is -2.46. The number of para-hydroxylation sites is 1. The highest BCUT2D eigenvalue weighted by molar-refractivity contribution is 6.34. The average molecular weight is 389 g/mol. The van der Waals surface area contributed by atoms with E-state index >= 15 is 0 Å². The van der Waals surface area contributed by atoms with Gasteiger partial charge in [0.15, 0.2) is 0 Å². The number of halogens is 1. The second-order valence-corrected chi connectivity index (χ2v) is 7.61. The normalized spacial score (nSPS) is 15.4. The molecule has 0 bridgehead atoms. The molecule has 0 spiro atoms. The smallest absolute Gasteiger partial charge is 0.139 e. The minimum atomic E-state index is 0.581. The zero-order valence-electron chi connectivity index (χ0n) is 15.6. The van der Waals surface area contributed by atoms with Gasteiger partial charge < -0.3 is 4.90 Å². The standard InChI is InChI=1S/C23H21ClN4/c24-23-20-9-2-1-5-18(20)15-21(26-23)28-13-11-27(12-14-28)16-19-7-3-6-17-8-4-10-25-22(17)19/h1-10,15H,11-14,16H2. The number of fused-ring (bicyclic) bond motifs is 2. The molecule has 5 rings (SSSR count). The van der Waals surface area contributed by atoms with Crippen LogP contribution >= 0.6 is 11.6 Å². The van der Waals surface area contributed by atoms with Crippen LogP contribution in [0.2, 0.25) is 5.15 Å². The molecule has 1 saturated heterocycles. The van der Waals surface area contributed by atoms with Crippen LogP contribution in [0, 0.1) is 0 Å². The fraction of sp³-hybridized carbons (Fsp3) is 0.217. The van der Waals surface area contributed by atoms with Crippen LogP contribution in [0.15, 0.2) is 66.9 Å². The summed E-state index contributed by atoms with van der Waals surface area (Å²) < 4.78 is 0. The van der Waals surface area contributed by atoms with Gasteiger partial charge in [0.05, 0.1) is 5.52 Å². The number of hydrogen-bond acceptors (Lipinski definition) is 4.